The molecule has 1 aliphatic heterocycles. The van der Waals surface area contributed by atoms with Crippen molar-refractivity contribution in [2.45, 2.75) is 27.7 Å². The number of carbonyl (C=O) groups excluding carboxylic acids is 1. The highest BCUT2D eigenvalue weighted by molar-refractivity contribution is 8.18. The van der Waals surface area contributed by atoms with Crippen LogP contribution in [0.15, 0.2) is 40.2 Å². The highest BCUT2D eigenvalue weighted by Gasteiger charge is 2.32. The minimum atomic E-state index is -0.107. The summed E-state index contributed by atoms with van der Waals surface area (Å²) >= 11 is 7.45. The van der Waals surface area contributed by atoms with Crippen LogP contribution in [0.2, 0.25) is 5.02 Å². The van der Waals surface area contributed by atoms with Crippen molar-refractivity contribution in [1.29, 1.82) is 0 Å². The standard InChI is InChI=1S/C22H23ClN2O3S/c1-5-25-21(27)18(12-15-10-16(23)20(26)17(11-15)28-6-2)29-22(25)24-19-13(3)8-7-9-14(19)4/h7-12,26H,5-6H2,1-4H3/b18-12+,24-22?. The first kappa shape index (κ1) is 21.3. The average molecular weight is 431 g/mol. The van der Waals surface area contributed by atoms with Gasteiger partial charge in [-0.3, -0.25) is 9.69 Å². The number of hydrogen-bond acceptors (Lipinski definition) is 5. The molecule has 2 aromatic carbocycles. The van der Waals surface area contributed by atoms with Crippen LogP contribution in [0.5, 0.6) is 11.5 Å². The molecule has 0 spiro atoms. The van der Waals surface area contributed by atoms with Gasteiger partial charge in [-0.15, -0.1) is 0 Å². The first-order valence-corrected chi connectivity index (χ1v) is 10.6. The summed E-state index contributed by atoms with van der Waals surface area (Å²) in [5.41, 5.74) is 3.68. The maximum atomic E-state index is 12.9. The molecule has 0 aromatic heterocycles. The molecule has 5 nitrogen and oxygen atoms in total. The van der Waals surface area contributed by atoms with Crippen LogP contribution in [-0.2, 0) is 4.79 Å². The Kier molecular flexibility index (Phi) is 6.55. The number of phenolic OH excluding ortho intramolecular Hbond substituents is 1. The highest BCUT2D eigenvalue weighted by atomic mass is 35.5. The second-order valence-corrected chi connectivity index (χ2v) is 7.99. The van der Waals surface area contributed by atoms with Gasteiger partial charge in [-0.05, 0) is 74.4 Å². The summed E-state index contributed by atoms with van der Waals surface area (Å²) in [6.45, 7) is 8.68. The van der Waals surface area contributed by atoms with E-state index >= 15 is 0 Å². The number of aliphatic imine (C=N–C) groups is 1. The van der Waals surface area contributed by atoms with Crippen LogP contribution < -0.4 is 4.74 Å². The summed E-state index contributed by atoms with van der Waals surface area (Å²) in [4.78, 5) is 19.9. The Labute approximate surface area is 180 Å². The first-order valence-electron chi connectivity index (χ1n) is 9.37. The number of hydrogen-bond donors (Lipinski definition) is 1. The summed E-state index contributed by atoms with van der Waals surface area (Å²) in [7, 11) is 0. The van der Waals surface area contributed by atoms with Crippen molar-refractivity contribution in [2.75, 3.05) is 13.2 Å². The molecular weight excluding hydrogens is 408 g/mol. The number of nitrogens with zero attached hydrogens (tertiary/aromatic N) is 2. The average Bonchev–Trinajstić information content (AvgIpc) is 2.97. The van der Waals surface area contributed by atoms with E-state index in [4.69, 9.17) is 21.3 Å². The normalized spacial score (nSPS) is 16.9. The second-order valence-electron chi connectivity index (χ2n) is 6.58. The maximum absolute atomic E-state index is 12.9. The molecule has 2 aromatic rings. The Morgan fingerprint density at radius 2 is 1.93 bits per heavy atom. The summed E-state index contributed by atoms with van der Waals surface area (Å²) in [5, 5.41) is 10.9. The monoisotopic (exact) mass is 430 g/mol. The van der Waals surface area contributed by atoms with Gasteiger partial charge in [0.1, 0.15) is 0 Å². The van der Waals surface area contributed by atoms with Crippen LogP contribution in [0.1, 0.15) is 30.5 Å². The largest absolute Gasteiger partial charge is 0.503 e. The van der Waals surface area contributed by atoms with Gasteiger partial charge in [0.05, 0.1) is 22.2 Å². The van der Waals surface area contributed by atoms with Crippen LogP contribution in [-0.4, -0.2) is 34.2 Å². The molecule has 1 aliphatic rings. The highest BCUT2D eigenvalue weighted by Crippen LogP contribution is 2.39. The number of benzene rings is 2. The number of aryl methyl sites for hydroxylation is 2. The molecule has 0 unspecified atom stereocenters. The van der Waals surface area contributed by atoms with Gasteiger partial charge in [0.15, 0.2) is 16.7 Å². The number of para-hydroxylation sites is 1. The van der Waals surface area contributed by atoms with E-state index < -0.39 is 0 Å². The van der Waals surface area contributed by atoms with E-state index in [1.807, 2.05) is 45.9 Å². The number of amides is 1. The van der Waals surface area contributed by atoms with E-state index in [9.17, 15) is 9.90 Å². The molecule has 0 saturated carbocycles. The number of amidine groups is 1. The lowest BCUT2D eigenvalue weighted by Crippen LogP contribution is -2.28. The lowest BCUT2D eigenvalue weighted by molar-refractivity contribution is -0.122. The SMILES string of the molecule is CCOc1cc(/C=C2/SC(=Nc3c(C)cccc3C)N(CC)C2=O)cc(Cl)c1O. The molecule has 1 N–H and O–H groups in total. The smallest absolute Gasteiger partial charge is 0.266 e. The van der Waals surface area contributed by atoms with E-state index in [2.05, 4.69) is 0 Å². The van der Waals surface area contributed by atoms with Gasteiger partial charge >= 0.3 is 0 Å². The maximum Gasteiger partial charge on any atom is 0.266 e. The van der Waals surface area contributed by atoms with Crippen molar-refractivity contribution in [2.24, 2.45) is 4.99 Å². The van der Waals surface area contributed by atoms with Crippen molar-refractivity contribution in [3.8, 4) is 11.5 Å². The third-order valence-corrected chi connectivity index (χ3v) is 5.79. The molecule has 152 valence electrons. The van der Waals surface area contributed by atoms with Gasteiger partial charge in [-0.25, -0.2) is 4.99 Å². The zero-order chi connectivity index (χ0) is 21.1. The summed E-state index contributed by atoms with van der Waals surface area (Å²) < 4.78 is 5.43. The van der Waals surface area contributed by atoms with Crippen LogP contribution >= 0.6 is 23.4 Å². The number of rotatable bonds is 5. The molecule has 0 bridgehead atoms. The molecule has 0 aliphatic carbocycles. The molecule has 7 heteroatoms. The zero-order valence-corrected chi connectivity index (χ0v) is 18.4. The number of phenols is 1. The predicted molar refractivity (Wildman–Crippen MR) is 120 cm³/mol. The molecule has 0 radical (unpaired) electrons. The third kappa shape index (κ3) is 4.43. The fourth-order valence-electron chi connectivity index (χ4n) is 3.04. The lowest BCUT2D eigenvalue weighted by atomic mass is 10.1. The topological polar surface area (TPSA) is 62.1 Å². The van der Waals surface area contributed by atoms with Gasteiger partial charge in [0, 0.05) is 6.54 Å². The lowest BCUT2D eigenvalue weighted by Gasteiger charge is -2.13. The molecule has 1 saturated heterocycles. The second kappa shape index (κ2) is 8.93. The first-order chi connectivity index (χ1) is 13.8. The minimum absolute atomic E-state index is 0.103. The Balaban J connectivity index is 2.00. The fourth-order valence-corrected chi connectivity index (χ4v) is 4.31. The summed E-state index contributed by atoms with van der Waals surface area (Å²) in [6, 6.07) is 9.29. The van der Waals surface area contributed by atoms with Crippen molar-refractivity contribution < 1.29 is 14.6 Å². The Morgan fingerprint density at radius 1 is 1.24 bits per heavy atom. The molecule has 29 heavy (non-hydrogen) atoms. The van der Waals surface area contributed by atoms with Crippen LogP contribution in [0.3, 0.4) is 0 Å². The molecule has 1 heterocycles. The number of aromatic hydroxyl groups is 1. The Hall–Kier alpha value is -2.44. The van der Waals surface area contributed by atoms with Gasteiger partial charge in [-0.2, -0.15) is 0 Å². The van der Waals surface area contributed by atoms with Crippen LogP contribution in [0.4, 0.5) is 5.69 Å². The molecular formula is C22H23ClN2O3S. The van der Waals surface area contributed by atoms with Gasteiger partial charge in [0.25, 0.3) is 5.91 Å². The predicted octanol–water partition coefficient (Wildman–Crippen LogP) is 5.69. The van der Waals surface area contributed by atoms with E-state index in [-0.39, 0.29) is 16.7 Å². The van der Waals surface area contributed by atoms with E-state index in [1.165, 1.54) is 11.8 Å². The fraction of sp³-hybridized carbons (Fsp3) is 0.273. The third-order valence-electron chi connectivity index (χ3n) is 4.50. The molecule has 1 amide bonds. The van der Waals surface area contributed by atoms with E-state index in [0.717, 1.165) is 16.8 Å². The van der Waals surface area contributed by atoms with Gasteiger partial charge < -0.3 is 9.84 Å². The molecule has 1 fully saturated rings. The van der Waals surface area contributed by atoms with E-state index in [1.54, 1.807) is 23.1 Å². The molecule has 0 atom stereocenters. The van der Waals surface area contributed by atoms with Gasteiger partial charge in [0.2, 0.25) is 0 Å². The number of carbonyl (C=O) groups is 1. The Morgan fingerprint density at radius 3 is 2.55 bits per heavy atom. The molecule has 3 rings (SSSR count). The van der Waals surface area contributed by atoms with Crippen molar-refractivity contribution in [1.82, 2.24) is 4.90 Å². The number of likely N-dealkylation sites (N-methyl/N-ethyl adjacent to an activating group) is 1. The van der Waals surface area contributed by atoms with Crippen molar-refractivity contribution in [3.05, 3.63) is 56.9 Å². The Bertz CT molecular complexity index is 997. The van der Waals surface area contributed by atoms with Crippen molar-refractivity contribution >= 4 is 46.2 Å². The zero-order valence-electron chi connectivity index (χ0n) is 16.8. The van der Waals surface area contributed by atoms with E-state index in [0.29, 0.717) is 34.5 Å². The summed E-state index contributed by atoms with van der Waals surface area (Å²) in [6.07, 6.45) is 1.75. The van der Waals surface area contributed by atoms with Crippen molar-refractivity contribution in [3.63, 3.8) is 0 Å². The minimum Gasteiger partial charge on any atom is -0.503 e. The van der Waals surface area contributed by atoms with Gasteiger partial charge in [-0.1, -0.05) is 29.8 Å². The quantitative estimate of drug-likeness (QED) is 0.619. The van der Waals surface area contributed by atoms with Crippen LogP contribution in [0, 0.1) is 13.8 Å². The van der Waals surface area contributed by atoms with Crippen LogP contribution in [0.25, 0.3) is 6.08 Å². The summed E-state index contributed by atoms with van der Waals surface area (Å²) in [5.74, 6) is 0.0808. The number of ether oxygens (including phenoxy) is 1. The number of thioether (sulfide) groups is 1. The number of halogens is 1.